The Morgan fingerprint density at radius 1 is 1.15 bits per heavy atom. The molecule has 1 saturated heterocycles. The summed E-state index contributed by atoms with van der Waals surface area (Å²) >= 11 is 1.56. The number of fused-ring (bicyclic) bond motifs is 3. The molecule has 9 heteroatoms. The number of alkyl carbamates (subject to hydrolysis) is 1. The fraction of sp³-hybridized carbons (Fsp3) is 0.400. The van der Waals surface area contributed by atoms with Gasteiger partial charge in [-0.3, -0.25) is 4.79 Å². The highest BCUT2D eigenvalue weighted by molar-refractivity contribution is 7.98. The van der Waals surface area contributed by atoms with Crippen LogP contribution in [0.25, 0.3) is 11.1 Å². The number of hydrogen-bond donors (Lipinski definition) is 2. The lowest BCUT2D eigenvalue weighted by atomic mass is 9.98. The van der Waals surface area contributed by atoms with Crippen LogP contribution in [0.3, 0.4) is 0 Å². The molecule has 34 heavy (non-hydrogen) atoms. The molecule has 1 aliphatic carbocycles. The molecule has 2 N–H and O–H groups in total. The Kier molecular flexibility index (Phi) is 7.74. The van der Waals surface area contributed by atoms with Crippen LogP contribution in [-0.2, 0) is 19.1 Å². The second-order valence-corrected chi connectivity index (χ2v) is 9.27. The van der Waals surface area contributed by atoms with Crippen molar-refractivity contribution in [2.24, 2.45) is 0 Å². The van der Waals surface area contributed by atoms with E-state index in [1.807, 2.05) is 42.7 Å². The van der Waals surface area contributed by atoms with Gasteiger partial charge in [0, 0.05) is 12.5 Å². The van der Waals surface area contributed by atoms with E-state index in [2.05, 4.69) is 17.4 Å². The predicted molar refractivity (Wildman–Crippen MR) is 129 cm³/mol. The zero-order valence-corrected chi connectivity index (χ0v) is 19.8. The fourth-order valence-corrected chi connectivity index (χ4v) is 4.97. The molecule has 2 amide bonds. The molecule has 1 unspecified atom stereocenters. The number of thioether (sulfide) groups is 1. The summed E-state index contributed by atoms with van der Waals surface area (Å²) in [5.74, 6) is -0.846. The van der Waals surface area contributed by atoms with Crippen LogP contribution in [-0.4, -0.2) is 78.4 Å². The SMILES string of the molecule is CSCC[C@H](NC(=O)OCC1c2ccccc2-c2ccccc21)C(=O)N1CCOC(C(=O)O)C1. The van der Waals surface area contributed by atoms with E-state index in [4.69, 9.17) is 9.47 Å². The molecule has 0 aromatic heterocycles. The van der Waals surface area contributed by atoms with Crippen LogP contribution in [0, 0.1) is 0 Å². The Hall–Kier alpha value is -3.04. The van der Waals surface area contributed by atoms with Crippen molar-refractivity contribution in [2.45, 2.75) is 24.5 Å². The minimum atomic E-state index is -1.11. The number of carbonyl (C=O) groups is 3. The normalized spacial score (nSPS) is 18.0. The topological polar surface area (TPSA) is 105 Å². The van der Waals surface area contributed by atoms with Crippen molar-refractivity contribution in [3.05, 3.63) is 59.7 Å². The number of morpholine rings is 1. The Balaban J connectivity index is 1.41. The van der Waals surface area contributed by atoms with Crippen LogP contribution in [0.2, 0.25) is 0 Å². The second kappa shape index (κ2) is 10.9. The largest absolute Gasteiger partial charge is 0.479 e. The number of carbonyl (C=O) groups excluding carboxylic acids is 2. The molecule has 1 heterocycles. The maximum Gasteiger partial charge on any atom is 0.407 e. The molecule has 0 radical (unpaired) electrons. The summed E-state index contributed by atoms with van der Waals surface area (Å²) in [7, 11) is 0. The highest BCUT2D eigenvalue weighted by Crippen LogP contribution is 2.44. The number of aliphatic carboxylic acids is 1. The van der Waals surface area contributed by atoms with E-state index >= 15 is 0 Å². The molecule has 2 aliphatic rings. The molecule has 0 saturated carbocycles. The molecule has 0 bridgehead atoms. The summed E-state index contributed by atoms with van der Waals surface area (Å²) in [5, 5.41) is 11.9. The lowest BCUT2D eigenvalue weighted by Gasteiger charge is -2.33. The first-order chi connectivity index (χ1) is 16.5. The van der Waals surface area contributed by atoms with Crippen molar-refractivity contribution in [2.75, 3.05) is 38.3 Å². The van der Waals surface area contributed by atoms with Gasteiger partial charge < -0.3 is 24.8 Å². The van der Waals surface area contributed by atoms with E-state index in [9.17, 15) is 19.5 Å². The lowest BCUT2D eigenvalue weighted by Crippen LogP contribution is -2.55. The highest BCUT2D eigenvalue weighted by atomic mass is 32.2. The molecule has 180 valence electrons. The van der Waals surface area contributed by atoms with Crippen molar-refractivity contribution >= 4 is 29.7 Å². The van der Waals surface area contributed by atoms with Gasteiger partial charge in [-0.1, -0.05) is 48.5 Å². The average molecular weight is 485 g/mol. The fourth-order valence-electron chi connectivity index (χ4n) is 4.49. The van der Waals surface area contributed by atoms with Crippen LogP contribution in [0.4, 0.5) is 4.79 Å². The minimum Gasteiger partial charge on any atom is -0.479 e. The molecule has 1 aliphatic heterocycles. The molecule has 0 spiro atoms. The van der Waals surface area contributed by atoms with Crippen LogP contribution in [0.15, 0.2) is 48.5 Å². The average Bonchev–Trinajstić information content (AvgIpc) is 3.18. The molecule has 2 aromatic rings. The van der Waals surface area contributed by atoms with Crippen molar-refractivity contribution < 1.29 is 29.0 Å². The van der Waals surface area contributed by atoms with Gasteiger partial charge in [-0.2, -0.15) is 11.8 Å². The number of nitrogens with one attached hydrogen (secondary N) is 1. The Morgan fingerprint density at radius 3 is 2.41 bits per heavy atom. The zero-order chi connectivity index (χ0) is 24.1. The van der Waals surface area contributed by atoms with Gasteiger partial charge in [0.05, 0.1) is 13.2 Å². The molecule has 2 aromatic carbocycles. The maximum absolute atomic E-state index is 13.1. The zero-order valence-electron chi connectivity index (χ0n) is 18.9. The van der Waals surface area contributed by atoms with E-state index in [1.165, 1.54) is 4.90 Å². The first kappa shape index (κ1) is 24.1. The van der Waals surface area contributed by atoms with Gasteiger partial charge >= 0.3 is 12.1 Å². The molecular weight excluding hydrogens is 456 g/mol. The number of hydrogen-bond acceptors (Lipinski definition) is 6. The maximum atomic E-state index is 13.1. The number of rotatable bonds is 8. The van der Waals surface area contributed by atoms with Gasteiger partial charge in [0.2, 0.25) is 5.91 Å². The number of nitrogens with zero attached hydrogens (tertiary/aromatic N) is 1. The summed E-state index contributed by atoms with van der Waals surface area (Å²) in [5.41, 5.74) is 4.50. The molecule has 2 atom stereocenters. The van der Waals surface area contributed by atoms with Gasteiger partial charge in [-0.05, 0) is 40.7 Å². The van der Waals surface area contributed by atoms with Gasteiger partial charge in [0.15, 0.2) is 6.10 Å². The smallest absolute Gasteiger partial charge is 0.407 e. The molecule has 1 fully saturated rings. The van der Waals surface area contributed by atoms with Crippen LogP contribution < -0.4 is 5.32 Å². The first-order valence-corrected chi connectivity index (χ1v) is 12.6. The third-order valence-electron chi connectivity index (χ3n) is 6.20. The monoisotopic (exact) mass is 484 g/mol. The Morgan fingerprint density at radius 2 is 1.79 bits per heavy atom. The summed E-state index contributed by atoms with van der Waals surface area (Å²) in [4.78, 5) is 38.5. The molecule has 8 nitrogen and oxygen atoms in total. The van der Waals surface area contributed by atoms with E-state index < -0.39 is 24.2 Å². The summed E-state index contributed by atoms with van der Waals surface area (Å²) in [6.07, 6.45) is 0.612. The van der Waals surface area contributed by atoms with Gasteiger partial charge in [-0.15, -0.1) is 0 Å². The van der Waals surface area contributed by atoms with Crippen LogP contribution in [0.1, 0.15) is 23.5 Å². The van der Waals surface area contributed by atoms with Crippen molar-refractivity contribution in [3.63, 3.8) is 0 Å². The second-order valence-electron chi connectivity index (χ2n) is 8.29. The van der Waals surface area contributed by atoms with Crippen molar-refractivity contribution in [1.29, 1.82) is 0 Å². The molecular formula is C25H28N2O6S. The van der Waals surface area contributed by atoms with E-state index in [1.54, 1.807) is 11.8 Å². The first-order valence-electron chi connectivity index (χ1n) is 11.2. The van der Waals surface area contributed by atoms with Crippen LogP contribution >= 0.6 is 11.8 Å². The predicted octanol–water partition coefficient (Wildman–Crippen LogP) is 2.96. The number of amides is 2. The van der Waals surface area contributed by atoms with E-state index in [0.29, 0.717) is 12.2 Å². The van der Waals surface area contributed by atoms with Gasteiger partial charge in [-0.25, -0.2) is 9.59 Å². The van der Waals surface area contributed by atoms with Crippen molar-refractivity contribution in [3.8, 4) is 11.1 Å². The third kappa shape index (κ3) is 5.20. The summed E-state index contributed by atoms with van der Waals surface area (Å²) in [6.45, 7) is 0.534. The quantitative estimate of drug-likeness (QED) is 0.594. The van der Waals surface area contributed by atoms with Crippen molar-refractivity contribution in [1.82, 2.24) is 10.2 Å². The summed E-state index contributed by atoms with van der Waals surface area (Å²) in [6, 6.07) is 15.4. The number of ether oxygens (including phenoxy) is 2. The van der Waals surface area contributed by atoms with E-state index in [-0.39, 0.29) is 38.1 Å². The molecule has 4 rings (SSSR count). The standard InChI is InChI=1S/C25H28N2O6S/c1-34-13-10-21(23(28)27-11-12-32-22(14-27)24(29)30)26-25(31)33-15-20-18-8-4-2-6-16(18)17-7-3-5-9-19(17)20/h2-9,20-22H,10-15H2,1H3,(H,26,31)(H,29,30)/t21-,22?/m0/s1. The van der Waals surface area contributed by atoms with Gasteiger partial charge in [0.25, 0.3) is 0 Å². The number of carboxylic acid groups (broad SMARTS) is 1. The van der Waals surface area contributed by atoms with E-state index in [0.717, 1.165) is 22.3 Å². The third-order valence-corrected chi connectivity index (χ3v) is 6.84. The Labute approximate surface area is 202 Å². The number of benzene rings is 2. The Bertz CT molecular complexity index is 1020. The summed E-state index contributed by atoms with van der Waals surface area (Å²) < 4.78 is 10.8. The highest BCUT2D eigenvalue weighted by Gasteiger charge is 2.34. The minimum absolute atomic E-state index is 0.0453. The lowest BCUT2D eigenvalue weighted by molar-refractivity contribution is -0.160. The van der Waals surface area contributed by atoms with Crippen LogP contribution in [0.5, 0.6) is 0 Å². The number of carboxylic acids is 1. The van der Waals surface area contributed by atoms with Gasteiger partial charge in [0.1, 0.15) is 12.6 Å².